The lowest BCUT2D eigenvalue weighted by Crippen LogP contribution is -2.29. The fourth-order valence-corrected chi connectivity index (χ4v) is 3.50. The molecule has 2 heterocycles. The van der Waals surface area contributed by atoms with Gasteiger partial charge in [-0.25, -0.2) is 4.39 Å². The molecule has 6 heteroatoms. The van der Waals surface area contributed by atoms with Gasteiger partial charge in [0.1, 0.15) is 5.82 Å². The van der Waals surface area contributed by atoms with Gasteiger partial charge >= 0.3 is 6.18 Å². The summed E-state index contributed by atoms with van der Waals surface area (Å²) in [6, 6.07) is 2.96. The lowest BCUT2D eigenvalue weighted by atomic mass is 9.86. The Labute approximate surface area is 121 Å². The van der Waals surface area contributed by atoms with Gasteiger partial charge in [0, 0.05) is 19.6 Å². The van der Waals surface area contributed by atoms with Gasteiger partial charge in [-0.3, -0.25) is 4.90 Å². The molecule has 116 valence electrons. The highest BCUT2D eigenvalue weighted by molar-refractivity contribution is 5.30. The SMILES string of the molecule is Fc1ccc(CN2CCC3(CCNC3)C2)c(C(F)(F)F)c1. The number of hydrogen-bond acceptors (Lipinski definition) is 2. The minimum absolute atomic E-state index is 0.159. The van der Waals surface area contributed by atoms with E-state index in [1.165, 1.54) is 6.07 Å². The minimum Gasteiger partial charge on any atom is -0.316 e. The molecule has 1 aromatic carbocycles. The third-order valence-electron chi connectivity index (χ3n) is 4.62. The largest absolute Gasteiger partial charge is 0.416 e. The fraction of sp³-hybridized carbons (Fsp3) is 0.600. The molecule has 2 nitrogen and oxygen atoms in total. The van der Waals surface area contributed by atoms with E-state index < -0.39 is 17.6 Å². The van der Waals surface area contributed by atoms with E-state index in [2.05, 4.69) is 10.2 Å². The van der Waals surface area contributed by atoms with Crippen LogP contribution in [0.1, 0.15) is 24.0 Å². The molecule has 1 spiro atoms. The first-order chi connectivity index (χ1) is 9.88. The van der Waals surface area contributed by atoms with E-state index in [1.54, 1.807) is 0 Å². The van der Waals surface area contributed by atoms with E-state index in [0.29, 0.717) is 6.07 Å². The standard InChI is InChI=1S/C15H18F4N2/c16-12-2-1-11(13(7-12)15(17,18)19)8-21-6-4-14(10-21)3-5-20-9-14/h1-2,7,20H,3-6,8-10H2. The van der Waals surface area contributed by atoms with Crippen molar-refractivity contribution in [1.29, 1.82) is 0 Å². The summed E-state index contributed by atoms with van der Waals surface area (Å²) in [7, 11) is 0. The number of nitrogens with zero attached hydrogens (tertiary/aromatic N) is 1. The molecule has 2 fully saturated rings. The smallest absolute Gasteiger partial charge is 0.316 e. The number of benzene rings is 1. The van der Waals surface area contributed by atoms with Crippen LogP contribution in [0, 0.1) is 11.2 Å². The van der Waals surface area contributed by atoms with Gasteiger partial charge in [-0.2, -0.15) is 13.2 Å². The van der Waals surface area contributed by atoms with Crippen molar-refractivity contribution in [3.8, 4) is 0 Å². The van der Waals surface area contributed by atoms with Crippen molar-refractivity contribution in [2.75, 3.05) is 26.2 Å². The first kappa shape index (κ1) is 14.8. The van der Waals surface area contributed by atoms with E-state index in [1.807, 2.05) is 0 Å². The van der Waals surface area contributed by atoms with Gasteiger partial charge in [-0.15, -0.1) is 0 Å². The van der Waals surface area contributed by atoms with Crippen molar-refractivity contribution < 1.29 is 17.6 Å². The molecule has 1 atom stereocenters. The summed E-state index contributed by atoms with van der Waals surface area (Å²) in [5.41, 5.74) is -0.474. The van der Waals surface area contributed by atoms with Crippen LogP contribution in [0.5, 0.6) is 0 Å². The van der Waals surface area contributed by atoms with Gasteiger partial charge in [-0.05, 0) is 49.0 Å². The molecule has 3 rings (SSSR count). The second-order valence-corrected chi connectivity index (χ2v) is 6.19. The Morgan fingerprint density at radius 3 is 2.71 bits per heavy atom. The molecule has 0 saturated carbocycles. The number of halogens is 4. The zero-order valence-electron chi connectivity index (χ0n) is 11.6. The van der Waals surface area contributed by atoms with Crippen LogP contribution in [0.25, 0.3) is 0 Å². The van der Waals surface area contributed by atoms with Gasteiger partial charge < -0.3 is 5.32 Å². The second kappa shape index (κ2) is 5.25. The summed E-state index contributed by atoms with van der Waals surface area (Å²) in [5, 5.41) is 3.33. The van der Waals surface area contributed by atoms with Crippen molar-refractivity contribution in [2.24, 2.45) is 5.41 Å². The number of nitrogens with one attached hydrogen (secondary N) is 1. The van der Waals surface area contributed by atoms with E-state index >= 15 is 0 Å². The number of hydrogen-bond donors (Lipinski definition) is 1. The Bertz CT molecular complexity index is 521. The summed E-state index contributed by atoms with van der Waals surface area (Å²) < 4.78 is 52.1. The molecule has 2 aliphatic rings. The molecule has 2 aliphatic heterocycles. The average Bonchev–Trinajstić information content (AvgIpc) is 3.02. The quantitative estimate of drug-likeness (QED) is 0.845. The van der Waals surface area contributed by atoms with Gasteiger partial charge in [0.15, 0.2) is 0 Å². The van der Waals surface area contributed by atoms with Gasteiger partial charge in [0.2, 0.25) is 0 Å². The molecule has 0 radical (unpaired) electrons. The topological polar surface area (TPSA) is 15.3 Å². The monoisotopic (exact) mass is 302 g/mol. The molecule has 0 aromatic heterocycles. The van der Waals surface area contributed by atoms with E-state index in [9.17, 15) is 17.6 Å². The second-order valence-electron chi connectivity index (χ2n) is 6.19. The van der Waals surface area contributed by atoms with Crippen molar-refractivity contribution in [3.63, 3.8) is 0 Å². The lowest BCUT2D eigenvalue weighted by Gasteiger charge is -2.23. The normalized spacial score (nSPS) is 26.9. The van der Waals surface area contributed by atoms with Crippen molar-refractivity contribution >= 4 is 0 Å². The lowest BCUT2D eigenvalue weighted by molar-refractivity contribution is -0.138. The zero-order chi connectivity index (χ0) is 15.1. The highest BCUT2D eigenvalue weighted by atomic mass is 19.4. The summed E-state index contributed by atoms with van der Waals surface area (Å²) >= 11 is 0. The van der Waals surface area contributed by atoms with Crippen molar-refractivity contribution in [2.45, 2.75) is 25.6 Å². The Morgan fingerprint density at radius 1 is 1.24 bits per heavy atom. The molecule has 0 aliphatic carbocycles. The van der Waals surface area contributed by atoms with Crippen LogP contribution >= 0.6 is 0 Å². The molecule has 2 saturated heterocycles. The van der Waals surface area contributed by atoms with Crippen LogP contribution in [0.4, 0.5) is 17.6 Å². The molecule has 21 heavy (non-hydrogen) atoms. The van der Waals surface area contributed by atoms with Crippen LogP contribution in [0.2, 0.25) is 0 Å². The highest BCUT2D eigenvalue weighted by Gasteiger charge is 2.41. The summed E-state index contributed by atoms with van der Waals surface area (Å²) in [5.74, 6) is -0.844. The first-order valence-corrected chi connectivity index (χ1v) is 7.17. The Balaban J connectivity index is 1.76. The Morgan fingerprint density at radius 2 is 2.05 bits per heavy atom. The predicted molar refractivity (Wildman–Crippen MR) is 71.2 cm³/mol. The molecule has 1 aromatic rings. The fourth-order valence-electron chi connectivity index (χ4n) is 3.50. The Hall–Kier alpha value is -1.14. The molecule has 1 N–H and O–H groups in total. The van der Waals surface area contributed by atoms with Crippen molar-refractivity contribution in [3.05, 3.63) is 35.1 Å². The van der Waals surface area contributed by atoms with E-state index in [4.69, 9.17) is 0 Å². The minimum atomic E-state index is -4.51. The maximum Gasteiger partial charge on any atom is 0.416 e. The zero-order valence-corrected chi connectivity index (χ0v) is 11.6. The summed E-state index contributed by atoms with van der Waals surface area (Å²) in [6.07, 6.45) is -2.41. The maximum atomic E-state index is 13.1. The van der Waals surface area contributed by atoms with Crippen LogP contribution in [-0.2, 0) is 12.7 Å². The third-order valence-corrected chi connectivity index (χ3v) is 4.62. The summed E-state index contributed by atoms with van der Waals surface area (Å²) in [6.45, 7) is 3.78. The van der Waals surface area contributed by atoms with Gasteiger partial charge in [0.05, 0.1) is 5.56 Å². The predicted octanol–water partition coefficient (Wildman–Crippen LogP) is 3.03. The molecule has 0 bridgehead atoms. The maximum absolute atomic E-state index is 13.1. The van der Waals surface area contributed by atoms with Gasteiger partial charge in [0.25, 0.3) is 0 Å². The highest BCUT2D eigenvalue weighted by Crippen LogP contribution is 2.38. The first-order valence-electron chi connectivity index (χ1n) is 7.17. The van der Waals surface area contributed by atoms with E-state index in [0.717, 1.165) is 45.1 Å². The van der Waals surface area contributed by atoms with Crippen LogP contribution in [0.15, 0.2) is 18.2 Å². The molecule has 0 amide bonds. The van der Waals surface area contributed by atoms with Crippen molar-refractivity contribution in [1.82, 2.24) is 10.2 Å². The summed E-state index contributed by atoms with van der Waals surface area (Å²) in [4.78, 5) is 2.05. The van der Waals surface area contributed by atoms with Gasteiger partial charge in [-0.1, -0.05) is 6.07 Å². The third kappa shape index (κ3) is 3.06. The molecular formula is C15H18F4N2. The number of likely N-dealkylation sites (tertiary alicyclic amines) is 1. The average molecular weight is 302 g/mol. The van der Waals surface area contributed by atoms with Crippen LogP contribution in [0.3, 0.4) is 0 Å². The number of rotatable bonds is 2. The number of alkyl halides is 3. The van der Waals surface area contributed by atoms with E-state index in [-0.39, 0.29) is 17.5 Å². The van der Waals surface area contributed by atoms with Crippen LogP contribution < -0.4 is 5.32 Å². The Kier molecular flexibility index (Phi) is 3.69. The molecule has 1 unspecified atom stereocenters. The molecular weight excluding hydrogens is 284 g/mol. The van der Waals surface area contributed by atoms with Crippen LogP contribution in [-0.4, -0.2) is 31.1 Å².